The Morgan fingerprint density at radius 1 is 1.25 bits per heavy atom. The van der Waals surface area contributed by atoms with Crippen molar-refractivity contribution in [1.29, 1.82) is 0 Å². The van der Waals surface area contributed by atoms with Crippen LogP contribution in [-0.2, 0) is 13.1 Å². The van der Waals surface area contributed by atoms with E-state index in [-0.39, 0.29) is 0 Å². The lowest BCUT2D eigenvalue weighted by atomic mass is 10.1. The van der Waals surface area contributed by atoms with E-state index in [1.165, 1.54) is 17.5 Å². The first-order chi connectivity index (χ1) is 11.6. The molecule has 0 saturated carbocycles. The van der Waals surface area contributed by atoms with Gasteiger partial charge in [-0.2, -0.15) is 0 Å². The quantitative estimate of drug-likeness (QED) is 0.855. The Labute approximate surface area is 144 Å². The van der Waals surface area contributed by atoms with E-state index in [0.717, 1.165) is 43.4 Å². The molecule has 3 rings (SSSR count). The smallest absolute Gasteiger partial charge is 0.147 e. The summed E-state index contributed by atoms with van der Waals surface area (Å²) < 4.78 is 0. The molecule has 1 aliphatic rings. The number of nitrogens with one attached hydrogen (secondary N) is 2. The molecule has 5 heteroatoms. The van der Waals surface area contributed by atoms with Gasteiger partial charge in [0.15, 0.2) is 0 Å². The Kier molecular flexibility index (Phi) is 5.43. The lowest BCUT2D eigenvalue weighted by Crippen LogP contribution is -2.21. The fourth-order valence-electron chi connectivity index (χ4n) is 3.24. The molecule has 1 aromatic heterocycles. The molecule has 128 valence electrons. The third kappa shape index (κ3) is 4.30. The summed E-state index contributed by atoms with van der Waals surface area (Å²) >= 11 is 0. The molecule has 1 saturated heterocycles. The van der Waals surface area contributed by atoms with Crippen LogP contribution >= 0.6 is 0 Å². The van der Waals surface area contributed by atoms with Gasteiger partial charge in [-0.05, 0) is 38.9 Å². The highest BCUT2D eigenvalue weighted by molar-refractivity contribution is 5.35. The lowest BCUT2D eigenvalue weighted by molar-refractivity contribution is 0.314. The molecular weight excluding hydrogens is 298 g/mol. The summed E-state index contributed by atoms with van der Waals surface area (Å²) in [6, 6.07) is 11.0. The third-order valence-corrected chi connectivity index (χ3v) is 4.39. The minimum absolute atomic E-state index is 0.291. The van der Waals surface area contributed by atoms with Gasteiger partial charge in [-0.15, -0.1) is 0 Å². The number of hydrogen-bond acceptors (Lipinski definition) is 5. The molecule has 24 heavy (non-hydrogen) atoms. The van der Waals surface area contributed by atoms with Crippen molar-refractivity contribution in [2.24, 2.45) is 0 Å². The number of nitrogens with zero attached hydrogens (tertiary/aromatic N) is 3. The maximum absolute atomic E-state index is 4.81. The number of benzene rings is 1. The van der Waals surface area contributed by atoms with Gasteiger partial charge in [-0.3, -0.25) is 4.90 Å². The van der Waals surface area contributed by atoms with Crippen molar-refractivity contribution in [3.05, 3.63) is 53.0 Å². The van der Waals surface area contributed by atoms with Gasteiger partial charge in [-0.1, -0.05) is 29.8 Å². The second-order valence-corrected chi connectivity index (χ2v) is 6.66. The molecule has 5 nitrogen and oxygen atoms in total. The van der Waals surface area contributed by atoms with E-state index >= 15 is 0 Å². The molecular formula is C19H27N5. The van der Waals surface area contributed by atoms with Gasteiger partial charge in [-0.25, -0.2) is 9.97 Å². The Morgan fingerprint density at radius 3 is 2.83 bits per heavy atom. The summed E-state index contributed by atoms with van der Waals surface area (Å²) in [5, 5.41) is 6.65. The van der Waals surface area contributed by atoms with Gasteiger partial charge in [0, 0.05) is 26.2 Å². The van der Waals surface area contributed by atoms with Crippen LogP contribution in [0.4, 0.5) is 5.82 Å². The summed E-state index contributed by atoms with van der Waals surface area (Å²) in [6.45, 7) is 4.91. The fraction of sp³-hybridized carbons (Fsp3) is 0.474. The van der Waals surface area contributed by atoms with E-state index in [1.807, 2.05) is 13.1 Å². The number of rotatable bonds is 6. The highest BCUT2D eigenvalue weighted by Gasteiger charge is 2.20. The van der Waals surface area contributed by atoms with Gasteiger partial charge in [0.05, 0.1) is 11.7 Å². The Hall–Kier alpha value is -1.98. The van der Waals surface area contributed by atoms with Gasteiger partial charge in [0.1, 0.15) is 11.6 Å². The predicted octanol–water partition coefficient (Wildman–Crippen LogP) is 2.88. The Bertz CT molecular complexity index is 679. The van der Waals surface area contributed by atoms with Crippen LogP contribution < -0.4 is 10.6 Å². The van der Waals surface area contributed by atoms with E-state index in [1.54, 1.807) is 0 Å². The number of aryl methyl sites for hydroxylation is 1. The van der Waals surface area contributed by atoms with Crippen molar-refractivity contribution in [2.45, 2.75) is 38.9 Å². The molecule has 1 aromatic carbocycles. The Morgan fingerprint density at radius 2 is 2.12 bits per heavy atom. The van der Waals surface area contributed by atoms with Crippen LogP contribution in [-0.4, -0.2) is 35.5 Å². The molecule has 2 heterocycles. The van der Waals surface area contributed by atoms with E-state index in [0.29, 0.717) is 6.04 Å². The SMILES string of the molecule is CNc1cc(CN(C)Cc2cccc(C)c2)nc(C2CCCN2)n1. The van der Waals surface area contributed by atoms with Crippen molar-refractivity contribution in [3.8, 4) is 0 Å². The van der Waals surface area contributed by atoms with Crippen LogP contribution in [0.1, 0.15) is 41.5 Å². The topological polar surface area (TPSA) is 53.1 Å². The predicted molar refractivity (Wildman–Crippen MR) is 97.9 cm³/mol. The minimum atomic E-state index is 0.291. The average molecular weight is 325 g/mol. The normalized spacial score (nSPS) is 17.4. The van der Waals surface area contributed by atoms with Crippen LogP contribution in [0.15, 0.2) is 30.3 Å². The molecule has 0 spiro atoms. The molecule has 2 aromatic rings. The molecule has 0 radical (unpaired) electrons. The van der Waals surface area contributed by atoms with Crippen LogP contribution in [0.5, 0.6) is 0 Å². The average Bonchev–Trinajstić information content (AvgIpc) is 3.09. The van der Waals surface area contributed by atoms with Crippen LogP contribution in [0, 0.1) is 6.92 Å². The molecule has 1 atom stereocenters. The summed E-state index contributed by atoms with van der Waals surface area (Å²) in [4.78, 5) is 11.7. The van der Waals surface area contributed by atoms with Crippen LogP contribution in [0.2, 0.25) is 0 Å². The minimum Gasteiger partial charge on any atom is -0.373 e. The first-order valence-electron chi connectivity index (χ1n) is 8.67. The van der Waals surface area contributed by atoms with Gasteiger partial charge in [0.2, 0.25) is 0 Å². The monoisotopic (exact) mass is 325 g/mol. The molecule has 0 amide bonds. The molecule has 1 aliphatic heterocycles. The lowest BCUT2D eigenvalue weighted by Gasteiger charge is -2.18. The zero-order chi connectivity index (χ0) is 16.9. The number of aromatic nitrogens is 2. The van der Waals surface area contributed by atoms with Crippen molar-refractivity contribution >= 4 is 5.82 Å². The third-order valence-electron chi connectivity index (χ3n) is 4.39. The molecule has 0 aliphatic carbocycles. The first-order valence-corrected chi connectivity index (χ1v) is 8.67. The van der Waals surface area contributed by atoms with Crippen LogP contribution in [0.3, 0.4) is 0 Å². The zero-order valence-corrected chi connectivity index (χ0v) is 14.8. The second kappa shape index (κ2) is 7.73. The largest absolute Gasteiger partial charge is 0.373 e. The summed E-state index contributed by atoms with van der Waals surface area (Å²) in [5.41, 5.74) is 3.70. The maximum Gasteiger partial charge on any atom is 0.147 e. The van der Waals surface area contributed by atoms with E-state index in [4.69, 9.17) is 4.98 Å². The first kappa shape index (κ1) is 16.9. The van der Waals surface area contributed by atoms with Crippen molar-refractivity contribution in [1.82, 2.24) is 20.2 Å². The van der Waals surface area contributed by atoms with Gasteiger partial charge >= 0.3 is 0 Å². The van der Waals surface area contributed by atoms with Gasteiger partial charge in [0.25, 0.3) is 0 Å². The highest BCUT2D eigenvalue weighted by atomic mass is 15.1. The summed E-state index contributed by atoms with van der Waals surface area (Å²) in [6.07, 6.45) is 2.31. The zero-order valence-electron chi connectivity index (χ0n) is 14.8. The summed E-state index contributed by atoms with van der Waals surface area (Å²) in [5.74, 6) is 1.81. The standard InChI is InChI=1S/C19H27N5/c1-14-6-4-7-15(10-14)12-24(3)13-16-11-18(20-2)23-19(22-16)17-8-5-9-21-17/h4,6-7,10-11,17,21H,5,8-9,12-13H2,1-3H3,(H,20,22,23). The van der Waals surface area contributed by atoms with Gasteiger partial charge < -0.3 is 10.6 Å². The van der Waals surface area contributed by atoms with E-state index in [9.17, 15) is 0 Å². The van der Waals surface area contributed by atoms with Crippen molar-refractivity contribution < 1.29 is 0 Å². The number of anilines is 1. The van der Waals surface area contributed by atoms with Crippen molar-refractivity contribution in [2.75, 3.05) is 26.0 Å². The molecule has 2 N–H and O–H groups in total. The maximum atomic E-state index is 4.81. The van der Waals surface area contributed by atoms with Crippen molar-refractivity contribution in [3.63, 3.8) is 0 Å². The fourth-order valence-corrected chi connectivity index (χ4v) is 3.24. The molecule has 0 bridgehead atoms. The molecule has 1 unspecified atom stereocenters. The second-order valence-electron chi connectivity index (χ2n) is 6.66. The van der Waals surface area contributed by atoms with E-state index < -0.39 is 0 Å². The Balaban J connectivity index is 1.72. The summed E-state index contributed by atoms with van der Waals surface area (Å²) in [7, 11) is 4.05. The molecule has 1 fully saturated rings. The van der Waals surface area contributed by atoms with Crippen LogP contribution in [0.25, 0.3) is 0 Å². The number of hydrogen-bond donors (Lipinski definition) is 2. The van der Waals surface area contributed by atoms with E-state index in [2.05, 4.69) is 58.8 Å². The highest BCUT2D eigenvalue weighted by Crippen LogP contribution is 2.22.